The number of carbonyl (C=O) groups is 1. The van der Waals surface area contributed by atoms with Gasteiger partial charge in [-0.05, 0) is 82.9 Å². The van der Waals surface area contributed by atoms with E-state index in [2.05, 4.69) is 26.8 Å². The molecule has 35 heavy (non-hydrogen) atoms. The zero-order valence-electron chi connectivity index (χ0n) is 22.6. The van der Waals surface area contributed by atoms with Gasteiger partial charge < -0.3 is 14.0 Å². The smallest absolute Gasteiger partial charge is 0.340 e. The molecule has 0 aliphatic heterocycles. The molecule has 2 heterocycles. The van der Waals surface area contributed by atoms with Gasteiger partial charge in [-0.2, -0.15) is 0 Å². The van der Waals surface area contributed by atoms with Crippen molar-refractivity contribution in [2.75, 3.05) is 6.61 Å². The number of thiophene rings is 1. The Bertz CT molecular complexity index is 1150. The lowest BCUT2D eigenvalue weighted by atomic mass is 9.76. The van der Waals surface area contributed by atoms with Crippen molar-refractivity contribution in [3.63, 3.8) is 0 Å². The third kappa shape index (κ3) is 6.53. The molecule has 2 aromatic heterocycles. The van der Waals surface area contributed by atoms with E-state index in [4.69, 9.17) is 9.47 Å². The Morgan fingerprint density at radius 2 is 1.97 bits per heavy atom. The Morgan fingerprint density at radius 1 is 1.26 bits per heavy atom. The minimum atomic E-state index is -0.828. The molecule has 192 valence electrons. The fourth-order valence-corrected chi connectivity index (χ4v) is 5.78. The van der Waals surface area contributed by atoms with Crippen LogP contribution in [0.15, 0.2) is 29.2 Å². The van der Waals surface area contributed by atoms with Crippen LogP contribution in [0.2, 0.25) is 0 Å². The van der Waals surface area contributed by atoms with Gasteiger partial charge in [-0.15, -0.1) is 11.3 Å². The Hall–Kier alpha value is -2.18. The van der Waals surface area contributed by atoms with Crippen LogP contribution in [0.3, 0.4) is 0 Å². The van der Waals surface area contributed by atoms with Crippen LogP contribution in [0, 0.1) is 12.3 Å². The lowest BCUT2D eigenvalue weighted by Crippen LogP contribution is -2.29. The van der Waals surface area contributed by atoms with E-state index in [1.807, 2.05) is 46.9 Å². The monoisotopic (exact) mass is 499 g/mol. The molecule has 0 fully saturated rings. The second-order valence-corrected chi connectivity index (χ2v) is 12.4. The van der Waals surface area contributed by atoms with Gasteiger partial charge in [0.05, 0.1) is 12.2 Å². The normalized spacial score (nSPS) is 16.6. The van der Waals surface area contributed by atoms with Crippen molar-refractivity contribution in [3.05, 3.63) is 50.8 Å². The molecule has 1 aliphatic carbocycles. The first kappa shape index (κ1) is 27.4. The number of esters is 1. The maximum atomic E-state index is 13.2. The zero-order valence-corrected chi connectivity index (χ0v) is 23.4. The Balaban J connectivity index is 2.25. The summed E-state index contributed by atoms with van der Waals surface area (Å²) in [5, 5.41) is 0. The molecular weight excluding hydrogens is 458 g/mol. The van der Waals surface area contributed by atoms with E-state index in [0.29, 0.717) is 13.2 Å². The van der Waals surface area contributed by atoms with Gasteiger partial charge in [0, 0.05) is 39.7 Å². The van der Waals surface area contributed by atoms with Gasteiger partial charge in [0.2, 0.25) is 0 Å². The number of carbonyl (C=O) groups excluding carboxylic acids is 1. The summed E-state index contributed by atoms with van der Waals surface area (Å²) in [4.78, 5) is 28.1. The molecule has 5 nitrogen and oxygen atoms in total. The molecule has 0 radical (unpaired) electrons. The quantitative estimate of drug-likeness (QED) is 0.357. The summed E-state index contributed by atoms with van der Waals surface area (Å²) >= 11 is 1.63. The van der Waals surface area contributed by atoms with Crippen LogP contribution in [-0.2, 0) is 20.8 Å². The summed E-state index contributed by atoms with van der Waals surface area (Å²) in [6, 6.07) is 3.75. The van der Waals surface area contributed by atoms with Gasteiger partial charge in [-0.3, -0.25) is 4.79 Å². The average Bonchev–Trinajstić information content (AvgIpc) is 3.10. The van der Waals surface area contributed by atoms with Crippen molar-refractivity contribution in [2.24, 2.45) is 5.41 Å². The highest BCUT2D eigenvalue weighted by atomic mass is 32.1. The largest absolute Gasteiger partial charge is 0.464 e. The molecule has 0 N–H and O–H groups in total. The van der Waals surface area contributed by atoms with E-state index in [-0.39, 0.29) is 16.9 Å². The highest BCUT2D eigenvalue weighted by Gasteiger charge is 2.36. The van der Waals surface area contributed by atoms with Gasteiger partial charge in [0.25, 0.3) is 5.56 Å². The maximum absolute atomic E-state index is 13.2. The Kier molecular flexibility index (Phi) is 8.48. The zero-order chi connectivity index (χ0) is 26.0. The number of aryl methyl sites for hydroxylation is 2. The maximum Gasteiger partial charge on any atom is 0.340 e. The molecule has 1 aliphatic rings. The number of rotatable bonds is 8. The minimum Gasteiger partial charge on any atom is -0.464 e. The SMILES string of the molecule is CCCn1ccc(-c2sc(C)c(C(OC(C)(C)C)C(=O)OCC)c2C2=CCC(C)(C)CC2)cc1=O. The van der Waals surface area contributed by atoms with E-state index in [1.165, 1.54) is 5.57 Å². The molecule has 0 spiro atoms. The summed E-state index contributed by atoms with van der Waals surface area (Å²) in [5.41, 5.74) is 3.74. The summed E-state index contributed by atoms with van der Waals surface area (Å²) in [6.07, 6.45) is 7.23. The van der Waals surface area contributed by atoms with Gasteiger partial charge in [-0.1, -0.05) is 26.8 Å². The fourth-order valence-electron chi connectivity index (χ4n) is 4.57. The molecule has 0 saturated heterocycles. The van der Waals surface area contributed by atoms with Crippen LogP contribution < -0.4 is 5.56 Å². The minimum absolute atomic E-state index is 0.00505. The molecule has 0 saturated carbocycles. The Morgan fingerprint density at radius 3 is 2.51 bits per heavy atom. The molecule has 1 unspecified atom stereocenters. The molecule has 6 heteroatoms. The molecular formula is C29H41NO4S. The van der Waals surface area contributed by atoms with E-state index >= 15 is 0 Å². The first-order chi connectivity index (χ1) is 16.4. The first-order valence-corrected chi connectivity index (χ1v) is 13.6. The van der Waals surface area contributed by atoms with E-state index in [1.54, 1.807) is 22.0 Å². The van der Waals surface area contributed by atoms with Crippen LogP contribution in [0.25, 0.3) is 16.0 Å². The summed E-state index contributed by atoms with van der Waals surface area (Å²) in [7, 11) is 0. The van der Waals surface area contributed by atoms with Crippen molar-refractivity contribution >= 4 is 22.9 Å². The topological polar surface area (TPSA) is 57.5 Å². The number of aromatic nitrogens is 1. The summed E-state index contributed by atoms with van der Waals surface area (Å²) in [6.45, 7) is 17.4. The van der Waals surface area contributed by atoms with Crippen molar-refractivity contribution in [3.8, 4) is 10.4 Å². The van der Waals surface area contributed by atoms with Gasteiger partial charge >= 0.3 is 5.97 Å². The average molecular weight is 500 g/mol. The van der Waals surface area contributed by atoms with E-state index in [0.717, 1.165) is 52.1 Å². The van der Waals surface area contributed by atoms with Gasteiger partial charge in [0.1, 0.15) is 0 Å². The molecule has 3 rings (SSSR count). The number of ether oxygens (including phenoxy) is 2. The predicted molar refractivity (Wildman–Crippen MR) is 145 cm³/mol. The summed E-state index contributed by atoms with van der Waals surface area (Å²) in [5.74, 6) is -0.369. The number of hydrogen-bond acceptors (Lipinski definition) is 5. The van der Waals surface area contributed by atoms with Crippen molar-refractivity contribution < 1.29 is 14.3 Å². The van der Waals surface area contributed by atoms with Crippen molar-refractivity contribution in [1.82, 2.24) is 4.57 Å². The number of nitrogens with zero attached hydrogens (tertiary/aromatic N) is 1. The lowest BCUT2D eigenvalue weighted by Gasteiger charge is -2.31. The molecule has 0 amide bonds. The van der Waals surface area contributed by atoms with Gasteiger partial charge in [0.15, 0.2) is 6.10 Å². The molecule has 0 aromatic carbocycles. The molecule has 1 atom stereocenters. The summed E-state index contributed by atoms with van der Waals surface area (Å²) < 4.78 is 13.6. The lowest BCUT2D eigenvalue weighted by molar-refractivity contribution is -0.166. The number of pyridine rings is 1. The van der Waals surface area contributed by atoms with Crippen LogP contribution in [0.1, 0.15) is 96.3 Å². The van der Waals surface area contributed by atoms with Crippen LogP contribution >= 0.6 is 11.3 Å². The van der Waals surface area contributed by atoms with Crippen LogP contribution in [0.4, 0.5) is 0 Å². The van der Waals surface area contributed by atoms with Gasteiger partial charge in [-0.25, -0.2) is 4.79 Å². The van der Waals surface area contributed by atoms with E-state index in [9.17, 15) is 9.59 Å². The number of allylic oxidation sites excluding steroid dienone is 2. The Labute approximate surface area is 214 Å². The fraction of sp³-hybridized carbons (Fsp3) is 0.586. The molecule has 2 aromatic rings. The second kappa shape index (κ2) is 10.8. The highest BCUT2D eigenvalue weighted by molar-refractivity contribution is 7.16. The standard InChI is InChI=1S/C29H41NO4S/c1-9-16-30-17-13-21(18-22(30)31)26-24(20-11-14-29(7,8)15-12-20)23(19(3)35-26)25(27(32)33-10-2)34-28(4,5)6/h11,13,17-18,25H,9-10,12,14-16H2,1-8H3. The third-order valence-corrected chi connectivity index (χ3v) is 7.55. The first-order valence-electron chi connectivity index (χ1n) is 12.7. The second-order valence-electron chi connectivity index (χ2n) is 11.2. The van der Waals surface area contributed by atoms with E-state index < -0.39 is 11.7 Å². The highest BCUT2D eigenvalue weighted by Crippen LogP contribution is 2.48. The van der Waals surface area contributed by atoms with Crippen molar-refractivity contribution in [1.29, 1.82) is 0 Å². The third-order valence-electron chi connectivity index (χ3n) is 6.38. The predicted octanol–water partition coefficient (Wildman–Crippen LogP) is 7.31. The number of hydrogen-bond donors (Lipinski definition) is 0. The molecule has 0 bridgehead atoms. The van der Waals surface area contributed by atoms with Crippen LogP contribution in [-0.4, -0.2) is 22.7 Å². The van der Waals surface area contributed by atoms with Crippen LogP contribution in [0.5, 0.6) is 0 Å². The van der Waals surface area contributed by atoms with Crippen molar-refractivity contribution in [2.45, 2.75) is 99.3 Å².